The summed E-state index contributed by atoms with van der Waals surface area (Å²) in [7, 11) is 3.58. The second-order valence-corrected chi connectivity index (χ2v) is 3.71. The number of halogens is 1. The molecule has 1 amide bonds. The summed E-state index contributed by atoms with van der Waals surface area (Å²) in [5.41, 5.74) is 0. The molecule has 1 saturated heterocycles. The average Bonchev–Trinajstić information content (AvgIpc) is 2.26. The molecular formula is C10H21ClN2O2. The van der Waals surface area contributed by atoms with Crippen LogP contribution in [0.25, 0.3) is 0 Å². The highest BCUT2D eigenvalue weighted by molar-refractivity contribution is 5.85. The lowest BCUT2D eigenvalue weighted by molar-refractivity contribution is -0.133. The van der Waals surface area contributed by atoms with Gasteiger partial charge in [0.1, 0.15) is 0 Å². The van der Waals surface area contributed by atoms with Crippen LogP contribution in [0.1, 0.15) is 19.3 Å². The van der Waals surface area contributed by atoms with E-state index in [0.717, 1.165) is 19.5 Å². The van der Waals surface area contributed by atoms with Gasteiger partial charge in [-0.15, -0.1) is 12.4 Å². The highest BCUT2D eigenvalue weighted by atomic mass is 35.5. The number of amides is 1. The molecule has 0 spiro atoms. The van der Waals surface area contributed by atoms with Gasteiger partial charge in [0.15, 0.2) is 0 Å². The fourth-order valence-corrected chi connectivity index (χ4v) is 1.79. The Hall–Kier alpha value is -0.320. The standard InChI is InChI=1S/C10H20N2O2.ClH/c1-11-9-4-3-6-12(8-9)10(13)5-7-14-2;/h9,11H,3-8H2,1-2H3;1H. The van der Waals surface area contributed by atoms with E-state index in [1.165, 1.54) is 6.42 Å². The summed E-state index contributed by atoms with van der Waals surface area (Å²) in [5.74, 6) is 0.215. The van der Waals surface area contributed by atoms with E-state index in [9.17, 15) is 4.79 Å². The summed E-state index contributed by atoms with van der Waals surface area (Å²) in [6, 6.07) is 0.468. The molecule has 0 aromatic heterocycles. The third kappa shape index (κ3) is 4.82. The van der Waals surface area contributed by atoms with Crippen molar-refractivity contribution in [2.75, 3.05) is 33.9 Å². The predicted octanol–water partition coefficient (Wildman–Crippen LogP) is 0.655. The average molecular weight is 237 g/mol. The van der Waals surface area contributed by atoms with Crippen molar-refractivity contribution in [3.8, 4) is 0 Å². The number of hydrogen-bond acceptors (Lipinski definition) is 3. The van der Waals surface area contributed by atoms with Gasteiger partial charge in [-0.2, -0.15) is 0 Å². The van der Waals surface area contributed by atoms with E-state index in [1.54, 1.807) is 7.11 Å². The summed E-state index contributed by atoms with van der Waals surface area (Å²) in [6.07, 6.45) is 2.78. The molecule has 1 aliphatic heterocycles. The van der Waals surface area contributed by atoms with Gasteiger partial charge in [-0.3, -0.25) is 4.79 Å². The fourth-order valence-electron chi connectivity index (χ4n) is 1.79. The molecule has 0 aromatic carbocycles. The second kappa shape index (κ2) is 7.91. The van der Waals surface area contributed by atoms with Crippen LogP contribution in [0.3, 0.4) is 0 Å². The van der Waals surface area contributed by atoms with E-state index >= 15 is 0 Å². The quantitative estimate of drug-likeness (QED) is 0.780. The zero-order valence-electron chi connectivity index (χ0n) is 9.49. The Morgan fingerprint density at radius 3 is 2.93 bits per heavy atom. The van der Waals surface area contributed by atoms with Crippen LogP contribution in [0.15, 0.2) is 0 Å². The largest absolute Gasteiger partial charge is 0.384 e. The smallest absolute Gasteiger partial charge is 0.224 e. The Morgan fingerprint density at radius 1 is 1.60 bits per heavy atom. The summed E-state index contributed by atoms with van der Waals surface area (Å²) in [6.45, 7) is 2.28. The van der Waals surface area contributed by atoms with Crippen molar-refractivity contribution >= 4 is 18.3 Å². The van der Waals surface area contributed by atoms with E-state index < -0.39 is 0 Å². The van der Waals surface area contributed by atoms with Crippen molar-refractivity contribution in [1.82, 2.24) is 10.2 Å². The number of carbonyl (C=O) groups is 1. The topological polar surface area (TPSA) is 41.6 Å². The van der Waals surface area contributed by atoms with Gasteiger partial charge in [-0.05, 0) is 19.9 Å². The Bertz CT molecular complexity index is 190. The lowest BCUT2D eigenvalue weighted by Crippen LogP contribution is -2.47. The van der Waals surface area contributed by atoms with E-state index in [0.29, 0.717) is 19.1 Å². The molecule has 1 heterocycles. The Morgan fingerprint density at radius 2 is 2.33 bits per heavy atom. The SMILES string of the molecule is CNC1CCCN(C(=O)CCOC)C1.Cl. The van der Waals surface area contributed by atoms with E-state index in [2.05, 4.69) is 5.32 Å². The molecule has 1 aliphatic rings. The minimum Gasteiger partial charge on any atom is -0.384 e. The number of piperidine rings is 1. The third-order valence-corrected chi connectivity index (χ3v) is 2.70. The van der Waals surface area contributed by atoms with Crippen LogP contribution < -0.4 is 5.32 Å². The Balaban J connectivity index is 0.00000196. The molecule has 1 rings (SSSR count). The molecule has 1 atom stereocenters. The number of methoxy groups -OCH3 is 1. The van der Waals surface area contributed by atoms with Crippen molar-refractivity contribution < 1.29 is 9.53 Å². The van der Waals surface area contributed by atoms with Crippen LogP contribution in [-0.4, -0.2) is 50.7 Å². The molecule has 90 valence electrons. The number of rotatable bonds is 4. The molecule has 0 bridgehead atoms. The molecule has 1 fully saturated rings. The van der Waals surface area contributed by atoms with E-state index in [4.69, 9.17) is 4.74 Å². The first-order chi connectivity index (χ1) is 6.77. The van der Waals surface area contributed by atoms with Crippen LogP contribution in [0.4, 0.5) is 0 Å². The molecule has 0 radical (unpaired) electrons. The number of nitrogens with zero attached hydrogens (tertiary/aromatic N) is 1. The normalized spacial score (nSPS) is 20.9. The van der Waals surface area contributed by atoms with Crippen LogP contribution in [0, 0.1) is 0 Å². The lowest BCUT2D eigenvalue weighted by Gasteiger charge is -2.32. The Labute approximate surface area is 97.8 Å². The van der Waals surface area contributed by atoms with Crippen molar-refractivity contribution in [3.05, 3.63) is 0 Å². The lowest BCUT2D eigenvalue weighted by atomic mass is 10.1. The summed E-state index contributed by atoms with van der Waals surface area (Å²) in [4.78, 5) is 13.6. The minimum atomic E-state index is 0. The van der Waals surface area contributed by atoms with Crippen molar-refractivity contribution in [2.45, 2.75) is 25.3 Å². The molecule has 1 unspecified atom stereocenters. The minimum absolute atomic E-state index is 0. The molecule has 0 aromatic rings. The first-order valence-electron chi connectivity index (χ1n) is 5.22. The van der Waals surface area contributed by atoms with E-state index in [-0.39, 0.29) is 18.3 Å². The maximum absolute atomic E-state index is 11.6. The van der Waals surface area contributed by atoms with E-state index in [1.807, 2.05) is 11.9 Å². The fraction of sp³-hybridized carbons (Fsp3) is 0.900. The van der Waals surface area contributed by atoms with Gasteiger partial charge in [0.2, 0.25) is 5.91 Å². The summed E-state index contributed by atoms with van der Waals surface area (Å²) >= 11 is 0. The zero-order chi connectivity index (χ0) is 10.4. The monoisotopic (exact) mass is 236 g/mol. The number of nitrogens with one attached hydrogen (secondary N) is 1. The van der Waals surface area contributed by atoms with Crippen LogP contribution in [0.5, 0.6) is 0 Å². The number of carbonyl (C=O) groups excluding carboxylic acids is 1. The molecule has 5 heteroatoms. The second-order valence-electron chi connectivity index (χ2n) is 3.71. The molecule has 0 saturated carbocycles. The van der Waals surface area contributed by atoms with Crippen molar-refractivity contribution in [3.63, 3.8) is 0 Å². The predicted molar refractivity (Wildman–Crippen MR) is 62.4 cm³/mol. The zero-order valence-corrected chi connectivity index (χ0v) is 10.3. The van der Waals surface area contributed by atoms with Gasteiger partial charge in [0.25, 0.3) is 0 Å². The van der Waals surface area contributed by atoms with Crippen LogP contribution in [0.2, 0.25) is 0 Å². The van der Waals surface area contributed by atoms with Gasteiger partial charge < -0.3 is 15.0 Å². The highest BCUT2D eigenvalue weighted by Crippen LogP contribution is 2.10. The van der Waals surface area contributed by atoms with Crippen LogP contribution in [-0.2, 0) is 9.53 Å². The molecule has 1 N–H and O–H groups in total. The van der Waals surface area contributed by atoms with Crippen LogP contribution >= 0.6 is 12.4 Å². The molecule has 15 heavy (non-hydrogen) atoms. The number of likely N-dealkylation sites (N-methyl/N-ethyl adjacent to an activating group) is 1. The van der Waals surface area contributed by atoms with Gasteiger partial charge >= 0.3 is 0 Å². The highest BCUT2D eigenvalue weighted by Gasteiger charge is 2.21. The first-order valence-corrected chi connectivity index (χ1v) is 5.22. The number of hydrogen-bond donors (Lipinski definition) is 1. The number of likely N-dealkylation sites (tertiary alicyclic amines) is 1. The van der Waals surface area contributed by atoms with Gasteiger partial charge in [0.05, 0.1) is 13.0 Å². The van der Waals surface area contributed by atoms with Gasteiger partial charge in [-0.1, -0.05) is 0 Å². The third-order valence-electron chi connectivity index (χ3n) is 2.70. The Kier molecular flexibility index (Phi) is 7.74. The maximum Gasteiger partial charge on any atom is 0.224 e. The summed E-state index contributed by atoms with van der Waals surface area (Å²) in [5, 5.41) is 3.22. The number of ether oxygens (including phenoxy) is 1. The molecule has 0 aliphatic carbocycles. The first kappa shape index (κ1) is 14.7. The van der Waals surface area contributed by atoms with Crippen molar-refractivity contribution in [1.29, 1.82) is 0 Å². The summed E-state index contributed by atoms with van der Waals surface area (Å²) < 4.78 is 4.89. The molecule has 4 nitrogen and oxygen atoms in total. The van der Waals surface area contributed by atoms with Crippen molar-refractivity contribution in [2.24, 2.45) is 0 Å². The molecular weight excluding hydrogens is 216 g/mol. The maximum atomic E-state index is 11.6. The van der Waals surface area contributed by atoms with Gasteiger partial charge in [-0.25, -0.2) is 0 Å². The van der Waals surface area contributed by atoms with Gasteiger partial charge in [0, 0.05) is 26.2 Å².